The number of aliphatic hydroxyl groups is 2. The predicted octanol–water partition coefficient (Wildman–Crippen LogP) is 2.32. The number of nitrogens with zero attached hydrogens (tertiary/aromatic N) is 1. The first-order valence-corrected chi connectivity index (χ1v) is 6.68. The van der Waals surface area contributed by atoms with Gasteiger partial charge in [-0.1, -0.05) is 42.5 Å². The minimum atomic E-state index is -1.19. The molecule has 1 aliphatic heterocycles. The molecule has 0 aromatic heterocycles. The summed E-state index contributed by atoms with van der Waals surface area (Å²) in [5.74, 6) is -1.19. The van der Waals surface area contributed by atoms with Gasteiger partial charge in [0.2, 0.25) is 5.85 Å². The smallest absolute Gasteiger partial charge is 0.213 e. The molecular formula is C16H18N2O2. The molecule has 3 N–H and O–H groups in total. The van der Waals surface area contributed by atoms with Gasteiger partial charge in [-0.3, -0.25) is 0 Å². The minimum Gasteiger partial charge on any atom is -0.387 e. The second kappa shape index (κ2) is 4.81. The number of benzene rings is 2. The fourth-order valence-corrected chi connectivity index (χ4v) is 2.60. The lowest BCUT2D eigenvalue weighted by Crippen LogP contribution is -2.49. The molecule has 2 unspecified atom stereocenters. The maximum atomic E-state index is 10.5. The molecule has 4 heteroatoms. The van der Waals surface area contributed by atoms with Crippen LogP contribution in [0.5, 0.6) is 0 Å². The van der Waals surface area contributed by atoms with Gasteiger partial charge in [-0.15, -0.1) is 0 Å². The molecule has 1 heterocycles. The first-order valence-electron chi connectivity index (χ1n) is 6.68. The van der Waals surface area contributed by atoms with Gasteiger partial charge in [-0.2, -0.15) is 0 Å². The molecule has 3 rings (SSSR count). The maximum absolute atomic E-state index is 10.5. The Labute approximate surface area is 118 Å². The summed E-state index contributed by atoms with van der Waals surface area (Å²) in [7, 11) is 0. The predicted molar refractivity (Wildman–Crippen MR) is 79.4 cm³/mol. The fourth-order valence-electron chi connectivity index (χ4n) is 2.60. The van der Waals surface area contributed by atoms with Crippen LogP contribution in [0.25, 0.3) is 0 Å². The van der Waals surface area contributed by atoms with Crippen molar-refractivity contribution in [3.63, 3.8) is 0 Å². The Kier molecular flexibility index (Phi) is 3.12. The molecule has 104 valence electrons. The number of β-amino-alcohol motifs (C(OH)–C–C–N with tert-alkyl or cyclic N) is 1. The van der Waals surface area contributed by atoms with Crippen molar-refractivity contribution >= 4 is 11.4 Å². The minimum absolute atomic E-state index is 0.320. The molecule has 0 fully saturated rings. The van der Waals surface area contributed by atoms with Crippen LogP contribution < -0.4 is 10.2 Å². The molecule has 0 radical (unpaired) electrons. The summed E-state index contributed by atoms with van der Waals surface area (Å²) >= 11 is 0. The monoisotopic (exact) mass is 270 g/mol. The molecule has 0 saturated carbocycles. The second-order valence-corrected chi connectivity index (χ2v) is 5.20. The van der Waals surface area contributed by atoms with E-state index in [4.69, 9.17) is 0 Å². The van der Waals surface area contributed by atoms with Gasteiger partial charge in [0.1, 0.15) is 0 Å². The summed E-state index contributed by atoms with van der Waals surface area (Å²) in [6.07, 6.45) is -0.657. The van der Waals surface area contributed by atoms with Crippen LogP contribution in [0, 0.1) is 0 Å². The van der Waals surface area contributed by atoms with Gasteiger partial charge >= 0.3 is 0 Å². The number of rotatable bonds is 3. The Morgan fingerprint density at radius 2 is 1.75 bits per heavy atom. The summed E-state index contributed by atoms with van der Waals surface area (Å²) in [5.41, 5.74) is 2.61. The molecule has 0 bridgehead atoms. The van der Waals surface area contributed by atoms with E-state index < -0.39 is 12.0 Å². The van der Waals surface area contributed by atoms with Crippen LogP contribution in [-0.2, 0) is 0 Å². The van der Waals surface area contributed by atoms with Gasteiger partial charge in [0.05, 0.1) is 24.0 Å². The van der Waals surface area contributed by atoms with E-state index >= 15 is 0 Å². The third kappa shape index (κ3) is 2.24. The van der Waals surface area contributed by atoms with E-state index in [9.17, 15) is 10.2 Å². The van der Waals surface area contributed by atoms with E-state index in [1.54, 1.807) is 11.8 Å². The SMILES string of the molecule is CC1(O)Nc2ccccc2N1CC(O)c1ccccc1. The van der Waals surface area contributed by atoms with Gasteiger partial charge < -0.3 is 20.4 Å². The summed E-state index contributed by atoms with van der Waals surface area (Å²) < 4.78 is 0. The molecular weight excluding hydrogens is 252 g/mol. The molecule has 0 spiro atoms. The number of fused-ring (bicyclic) bond motifs is 1. The highest BCUT2D eigenvalue weighted by Gasteiger charge is 2.38. The zero-order chi connectivity index (χ0) is 14.2. The average molecular weight is 270 g/mol. The number of hydrogen-bond donors (Lipinski definition) is 3. The zero-order valence-electron chi connectivity index (χ0n) is 11.3. The Morgan fingerprint density at radius 1 is 1.10 bits per heavy atom. The molecule has 4 nitrogen and oxygen atoms in total. The molecule has 2 atom stereocenters. The highest BCUT2D eigenvalue weighted by molar-refractivity contribution is 5.76. The molecule has 0 saturated heterocycles. The van der Waals surface area contributed by atoms with Crippen molar-refractivity contribution in [2.75, 3.05) is 16.8 Å². The van der Waals surface area contributed by atoms with Crippen molar-refractivity contribution in [3.05, 3.63) is 60.2 Å². The Morgan fingerprint density at radius 3 is 2.50 bits per heavy atom. The van der Waals surface area contributed by atoms with E-state index in [0.29, 0.717) is 6.54 Å². The van der Waals surface area contributed by atoms with E-state index in [1.807, 2.05) is 54.6 Å². The standard InChI is InChI=1S/C16H18N2O2/c1-16(20)17-13-9-5-6-10-14(13)18(16)11-15(19)12-7-3-2-4-8-12/h2-10,15,17,19-20H,11H2,1H3. The van der Waals surface area contributed by atoms with Crippen molar-refractivity contribution < 1.29 is 10.2 Å². The molecule has 20 heavy (non-hydrogen) atoms. The lowest BCUT2D eigenvalue weighted by molar-refractivity contribution is 0.0753. The van der Waals surface area contributed by atoms with Crippen LogP contribution >= 0.6 is 0 Å². The first-order chi connectivity index (χ1) is 9.58. The largest absolute Gasteiger partial charge is 0.387 e. The van der Waals surface area contributed by atoms with Crippen LogP contribution in [0.4, 0.5) is 11.4 Å². The molecule has 2 aromatic rings. The van der Waals surface area contributed by atoms with E-state index in [0.717, 1.165) is 16.9 Å². The highest BCUT2D eigenvalue weighted by Crippen LogP contribution is 2.39. The van der Waals surface area contributed by atoms with Crippen molar-refractivity contribution in [2.24, 2.45) is 0 Å². The first kappa shape index (κ1) is 13.0. The van der Waals surface area contributed by atoms with Crippen molar-refractivity contribution in [3.8, 4) is 0 Å². The Hall–Kier alpha value is -2.04. The third-order valence-electron chi connectivity index (χ3n) is 3.63. The second-order valence-electron chi connectivity index (χ2n) is 5.20. The van der Waals surface area contributed by atoms with Crippen molar-refractivity contribution in [2.45, 2.75) is 18.9 Å². The summed E-state index contributed by atoms with van der Waals surface area (Å²) in [6, 6.07) is 17.2. The van der Waals surface area contributed by atoms with Crippen LogP contribution in [0.2, 0.25) is 0 Å². The number of nitrogens with one attached hydrogen (secondary N) is 1. The lowest BCUT2D eigenvalue weighted by Gasteiger charge is -2.33. The highest BCUT2D eigenvalue weighted by atomic mass is 16.3. The number of hydrogen-bond acceptors (Lipinski definition) is 4. The van der Waals surface area contributed by atoms with Crippen LogP contribution in [-0.4, -0.2) is 22.6 Å². The van der Waals surface area contributed by atoms with Gasteiger partial charge in [0, 0.05) is 6.92 Å². The van der Waals surface area contributed by atoms with Crippen LogP contribution in [0.15, 0.2) is 54.6 Å². The summed E-state index contributed by atoms with van der Waals surface area (Å²) in [4.78, 5) is 1.78. The topological polar surface area (TPSA) is 55.7 Å². The molecule has 1 aliphatic rings. The fraction of sp³-hybridized carbons (Fsp3) is 0.250. The lowest BCUT2D eigenvalue weighted by atomic mass is 10.1. The molecule has 0 amide bonds. The van der Waals surface area contributed by atoms with Crippen LogP contribution in [0.1, 0.15) is 18.6 Å². The Bertz CT molecular complexity index is 598. The maximum Gasteiger partial charge on any atom is 0.213 e. The van der Waals surface area contributed by atoms with Gasteiger partial charge in [-0.05, 0) is 17.7 Å². The normalized spacial score (nSPS) is 22.2. The van der Waals surface area contributed by atoms with Gasteiger partial charge in [-0.25, -0.2) is 0 Å². The quantitative estimate of drug-likeness (QED) is 0.801. The van der Waals surface area contributed by atoms with E-state index in [1.165, 1.54) is 0 Å². The number of para-hydroxylation sites is 2. The molecule has 0 aliphatic carbocycles. The number of aliphatic hydroxyl groups excluding tert-OH is 1. The third-order valence-corrected chi connectivity index (χ3v) is 3.63. The van der Waals surface area contributed by atoms with Crippen LogP contribution in [0.3, 0.4) is 0 Å². The summed E-state index contributed by atoms with van der Waals surface area (Å²) in [6.45, 7) is 2.01. The van der Waals surface area contributed by atoms with E-state index in [-0.39, 0.29) is 0 Å². The van der Waals surface area contributed by atoms with Crippen molar-refractivity contribution in [1.82, 2.24) is 0 Å². The number of anilines is 2. The van der Waals surface area contributed by atoms with Crippen molar-refractivity contribution in [1.29, 1.82) is 0 Å². The molecule has 2 aromatic carbocycles. The summed E-state index contributed by atoms with van der Waals surface area (Å²) in [5, 5.41) is 23.9. The van der Waals surface area contributed by atoms with E-state index in [2.05, 4.69) is 5.32 Å². The van der Waals surface area contributed by atoms with Gasteiger partial charge in [0.25, 0.3) is 0 Å². The average Bonchev–Trinajstić information content (AvgIpc) is 2.70. The zero-order valence-corrected chi connectivity index (χ0v) is 11.3. The van der Waals surface area contributed by atoms with Gasteiger partial charge in [0.15, 0.2) is 0 Å². The Balaban J connectivity index is 1.86.